The Morgan fingerprint density at radius 2 is 2.25 bits per heavy atom. The lowest BCUT2D eigenvalue weighted by molar-refractivity contribution is 0.628. The van der Waals surface area contributed by atoms with E-state index in [1.165, 1.54) is 6.07 Å². The van der Waals surface area contributed by atoms with Gasteiger partial charge in [0, 0.05) is 25.0 Å². The Morgan fingerprint density at radius 1 is 1.35 bits per heavy atom. The first-order valence-electron chi connectivity index (χ1n) is 6.91. The summed E-state index contributed by atoms with van der Waals surface area (Å²) in [4.78, 5) is 10.7. The second-order valence-electron chi connectivity index (χ2n) is 4.84. The van der Waals surface area contributed by atoms with E-state index >= 15 is 0 Å². The van der Waals surface area contributed by atoms with Gasteiger partial charge in [0.25, 0.3) is 0 Å². The Hall–Kier alpha value is -2.17. The van der Waals surface area contributed by atoms with Crippen LogP contribution < -0.4 is 10.2 Å². The molecule has 0 amide bonds. The predicted octanol–water partition coefficient (Wildman–Crippen LogP) is 3.13. The number of hydrogen-bond donors (Lipinski definition) is 1. The number of hydrogen-bond acceptors (Lipinski definition) is 4. The molecule has 0 aliphatic carbocycles. The maximum absolute atomic E-state index is 13.4. The largest absolute Gasteiger partial charge is 0.354 e. The molecule has 20 heavy (non-hydrogen) atoms. The number of fused-ring (bicyclic) bond motifs is 1. The molecule has 0 saturated carbocycles. The van der Waals surface area contributed by atoms with Gasteiger partial charge in [0.1, 0.15) is 11.6 Å². The van der Waals surface area contributed by atoms with Crippen LogP contribution in [0, 0.1) is 5.82 Å². The summed E-state index contributed by atoms with van der Waals surface area (Å²) in [5.41, 5.74) is 2.07. The van der Waals surface area contributed by atoms with Gasteiger partial charge in [-0.3, -0.25) is 0 Å². The van der Waals surface area contributed by atoms with Crippen LogP contribution in [-0.2, 0) is 6.42 Å². The molecule has 0 spiro atoms. The minimum Gasteiger partial charge on any atom is -0.354 e. The molecule has 5 heteroatoms. The fraction of sp³-hybridized carbons (Fsp3) is 0.333. The highest BCUT2D eigenvalue weighted by Gasteiger charge is 2.22. The lowest BCUT2D eigenvalue weighted by atomic mass is 10.2. The number of anilines is 3. The minimum atomic E-state index is -0.214. The molecule has 0 radical (unpaired) electrons. The molecule has 0 saturated heterocycles. The van der Waals surface area contributed by atoms with Crippen LogP contribution in [0.5, 0.6) is 0 Å². The van der Waals surface area contributed by atoms with Crippen LogP contribution in [0.4, 0.5) is 21.8 Å². The average molecular weight is 272 g/mol. The van der Waals surface area contributed by atoms with Gasteiger partial charge in [-0.1, -0.05) is 13.0 Å². The molecule has 3 rings (SSSR count). The lowest BCUT2D eigenvalue weighted by Gasteiger charge is -2.18. The molecule has 1 aromatic heterocycles. The van der Waals surface area contributed by atoms with E-state index in [0.717, 1.165) is 43.0 Å². The van der Waals surface area contributed by atoms with Crippen LogP contribution in [0.3, 0.4) is 0 Å². The average Bonchev–Trinajstić information content (AvgIpc) is 2.88. The highest BCUT2D eigenvalue weighted by molar-refractivity contribution is 5.67. The first kappa shape index (κ1) is 12.8. The third-order valence-electron chi connectivity index (χ3n) is 3.39. The van der Waals surface area contributed by atoms with Crippen LogP contribution in [0.15, 0.2) is 30.5 Å². The van der Waals surface area contributed by atoms with Crippen molar-refractivity contribution in [1.29, 1.82) is 0 Å². The Morgan fingerprint density at radius 3 is 3.10 bits per heavy atom. The Balaban J connectivity index is 1.90. The molecule has 0 fully saturated rings. The van der Waals surface area contributed by atoms with Gasteiger partial charge in [-0.25, -0.2) is 9.37 Å². The van der Waals surface area contributed by atoms with Crippen molar-refractivity contribution in [3.63, 3.8) is 0 Å². The van der Waals surface area contributed by atoms with Crippen LogP contribution in [0.25, 0.3) is 0 Å². The molecule has 2 heterocycles. The summed E-state index contributed by atoms with van der Waals surface area (Å²) in [5.74, 6) is 1.21. The molecule has 1 N–H and O–H groups in total. The van der Waals surface area contributed by atoms with E-state index in [0.29, 0.717) is 5.95 Å². The van der Waals surface area contributed by atoms with Crippen LogP contribution in [-0.4, -0.2) is 23.1 Å². The zero-order chi connectivity index (χ0) is 13.9. The molecular formula is C15H17FN4. The van der Waals surface area contributed by atoms with E-state index in [2.05, 4.69) is 22.2 Å². The van der Waals surface area contributed by atoms with Crippen molar-refractivity contribution in [2.45, 2.75) is 19.8 Å². The number of nitrogens with one attached hydrogen (secondary N) is 1. The molecule has 2 aromatic rings. The molecule has 1 aliphatic rings. The summed E-state index contributed by atoms with van der Waals surface area (Å²) in [6, 6.07) is 6.79. The molecule has 0 bridgehead atoms. The van der Waals surface area contributed by atoms with E-state index < -0.39 is 0 Å². The van der Waals surface area contributed by atoms with Crippen molar-refractivity contribution in [3.05, 3.63) is 41.8 Å². The number of aromatic nitrogens is 2. The second-order valence-corrected chi connectivity index (χ2v) is 4.84. The summed E-state index contributed by atoms with van der Waals surface area (Å²) in [5, 5.41) is 3.17. The monoisotopic (exact) mass is 272 g/mol. The Labute approximate surface area is 117 Å². The maximum Gasteiger partial charge on any atom is 0.224 e. The van der Waals surface area contributed by atoms with E-state index in [-0.39, 0.29) is 5.82 Å². The van der Waals surface area contributed by atoms with Gasteiger partial charge in [0.15, 0.2) is 0 Å². The van der Waals surface area contributed by atoms with Gasteiger partial charge in [-0.2, -0.15) is 4.98 Å². The lowest BCUT2D eigenvalue weighted by Crippen LogP contribution is -2.16. The van der Waals surface area contributed by atoms with Gasteiger partial charge in [-0.15, -0.1) is 0 Å². The molecule has 0 unspecified atom stereocenters. The summed E-state index contributed by atoms with van der Waals surface area (Å²) >= 11 is 0. The molecule has 0 atom stereocenters. The Kier molecular flexibility index (Phi) is 3.50. The fourth-order valence-electron chi connectivity index (χ4n) is 2.41. The van der Waals surface area contributed by atoms with E-state index in [1.54, 1.807) is 12.3 Å². The zero-order valence-corrected chi connectivity index (χ0v) is 11.4. The summed E-state index contributed by atoms with van der Waals surface area (Å²) in [6.45, 7) is 3.76. The normalized spacial score (nSPS) is 13.4. The number of rotatable bonds is 4. The van der Waals surface area contributed by atoms with Crippen LogP contribution in [0.2, 0.25) is 0 Å². The van der Waals surface area contributed by atoms with Crippen molar-refractivity contribution in [3.8, 4) is 0 Å². The highest BCUT2D eigenvalue weighted by Crippen LogP contribution is 2.34. The zero-order valence-electron chi connectivity index (χ0n) is 11.4. The van der Waals surface area contributed by atoms with Crippen molar-refractivity contribution >= 4 is 17.5 Å². The van der Waals surface area contributed by atoms with Crippen LogP contribution in [0.1, 0.15) is 18.9 Å². The number of halogens is 1. The number of benzene rings is 1. The van der Waals surface area contributed by atoms with Gasteiger partial charge in [0.2, 0.25) is 5.95 Å². The fourth-order valence-corrected chi connectivity index (χ4v) is 2.41. The third-order valence-corrected chi connectivity index (χ3v) is 3.39. The van der Waals surface area contributed by atoms with Crippen molar-refractivity contribution in [2.24, 2.45) is 0 Å². The van der Waals surface area contributed by atoms with Gasteiger partial charge in [-0.05, 0) is 36.6 Å². The first-order chi connectivity index (χ1) is 9.78. The van der Waals surface area contributed by atoms with Crippen molar-refractivity contribution in [2.75, 3.05) is 23.3 Å². The SMILES string of the molecule is CCCNc1nccc(N2CCc3ccc(F)cc32)n1. The van der Waals surface area contributed by atoms with Gasteiger partial charge >= 0.3 is 0 Å². The summed E-state index contributed by atoms with van der Waals surface area (Å²) < 4.78 is 13.4. The molecular weight excluding hydrogens is 255 g/mol. The predicted molar refractivity (Wildman–Crippen MR) is 77.9 cm³/mol. The smallest absolute Gasteiger partial charge is 0.224 e. The van der Waals surface area contributed by atoms with Crippen LogP contribution >= 0.6 is 0 Å². The van der Waals surface area contributed by atoms with E-state index in [1.807, 2.05) is 17.0 Å². The molecule has 4 nitrogen and oxygen atoms in total. The van der Waals surface area contributed by atoms with Gasteiger partial charge < -0.3 is 10.2 Å². The minimum absolute atomic E-state index is 0.214. The summed E-state index contributed by atoms with van der Waals surface area (Å²) in [6.07, 6.45) is 3.67. The molecule has 1 aromatic carbocycles. The van der Waals surface area contributed by atoms with E-state index in [4.69, 9.17) is 0 Å². The van der Waals surface area contributed by atoms with Crippen molar-refractivity contribution < 1.29 is 4.39 Å². The Bertz CT molecular complexity index is 615. The second kappa shape index (κ2) is 5.45. The standard InChI is InChI=1S/C15H17FN4/c1-2-7-17-15-18-8-5-14(19-15)20-9-6-11-3-4-12(16)10-13(11)20/h3-5,8,10H,2,6-7,9H2,1H3,(H,17,18,19). The number of nitrogens with zero attached hydrogens (tertiary/aromatic N) is 3. The first-order valence-corrected chi connectivity index (χ1v) is 6.91. The molecule has 104 valence electrons. The summed E-state index contributed by atoms with van der Waals surface area (Å²) in [7, 11) is 0. The van der Waals surface area contributed by atoms with Gasteiger partial charge in [0.05, 0.1) is 0 Å². The van der Waals surface area contributed by atoms with Crippen molar-refractivity contribution in [1.82, 2.24) is 9.97 Å². The quantitative estimate of drug-likeness (QED) is 0.928. The highest BCUT2D eigenvalue weighted by atomic mass is 19.1. The third kappa shape index (κ3) is 2.43. The topological polar surface area (TPSA) is 41.1 Å². The molecule has 1 aliphatic heterocycles. The van der Waals surface area contributed by atoms with E-state index in [9.17, 15) is 4.39 Å². The maximum atomic E-state index is 13.4.